The second-order valence-corrected chi connectivity index (χ2v) is 4.81. The molecule has 4 nitrogen and oxygen atoms in total. The quantitative estimate of drug-likeness (QED) is 0.876. The Bertz CT molecular complexity index is 540. The molecular formula is C16H21N3O. The fourth-order valence-electron chi connectivity index (χ4n) is 2.10. The van der Waals surface area contributed by atoms with Gasteiger partial charge in [-0.3, -0.25) is 9.88 Å². The van der Waals surface area contributed by atoms with E-state index in [0.717, 1.165) is 30.2 Å². The van der Waals surface area contributed by atoms with Gasteiger partial charge in [-0.2, -0.15) is 0 Å². The molecule has 1 N–H and O–H groups in total. The number of benzene rings is 1. The van der Waals surface area contributed by atoms with Crippen LogP contribution >= 0.6 is 0 Å². The van der Waals surface area contributed by atoms with Crippen LogP contribution < -0.4 is 10.1 Å². The minimum atomic E-state index is 0.821. The Morgan fingerprint density at radius 3 is 2.55 bits per heavy atom. The Hall–Kier alpha value is -2.07. The number of rotatable bonds is 6. The lowest BCUT2D eigenvalue weighted by atomic mass is 10.2. The van der Waals surface area contributed by atoms with Crippen LogP contribution in [0.4, 0.5) is 5.69 Å². The zero-order valence-corrected chi connectivity index (χ0v) is 12.3. The van der Waals surface area contributed by atoms with Crippen LogP contribution in [0, 0.1) is 0 Å². The number of nitrogens with one attached hydrogen (secondary N) is 1. The standard InChI is InChI=1S/C16H21N3O/c1-17-14-8-9-18-15(10-14)12-19(2)11-13-4-6-16(20-3)7-5-13/h4-10H,11-12H2,1-3H3,(H,17,18). The van der Waals surface area contributed by atoms with E-state index in [-0.39, 0.29) is 0 Å². The van der Waals surface area contributed by atoms with E-state index in [1.807, 2.05) is 31.4 Å². The Kier molecular flexibility index (Phi) is 4.96. The molecule has 1 aromatic heterocycles. The minimum absolute atomic E-state index is 0.821. The van der Waals surface area contributed by atoms with Crippen molar-refractivity contribution < 1.29 is 4.74 Å². The molecule has 0 saturated heterocycles. The molecule has 0 radical (unpaired) electrons. The molecule has 106 valence electrons. The van der Waals surface area contributed by atoms with Crippen LogP contribution in [-0.2, 0) is 13.1 Å². The first kappa shape index (κ1) is 14.3. The predicted molar refractivity (Wildman–Crippen MR) is 81.9 cm³/mol. The minimum Gasteiger partial charge on any atom is -0.497 e. The second kappa shape index (κ2) is 6.91. The van der Waals surface area contributed by atoms with E-state index in [4.69, 9.17) is 4.74 Å². The van der Waals surface area contributed by atoms with Crippen LogP contribution in [0.1, 0.15) is 11.3 Å². The zero-order valence-electron chi connectivity index (χ0n) is 12.3. The molecule has 20 heavy (non-hydrogen) atoms. The number of ether oxygens (including phenoxy) is 1. The highest BCUT2D eigenvalue weighted by molar-refractivity contribution is 5.42. The number of nitrogens with zero attached hydrogens (tertiary/aromatic N) is 2. The predicted octanol–water partition coefficient (Wildman–Crippen LogP) is 2.76. The van der Waals surface area contributed by atoms with Gasteiger partial charge >= 0.3 is 0 Å². The summed E-state index contributed by atoms with van der Waals surface area (Å²) in [6, 6.07) is 12.2. The third kappa shape index (κ3) is 3.96. The Morgan fingerprint density at radius 2 is 1.90 bits per heavy atom. The van der Waals surface area contributed by atoms with E-state index in [1.165, 1.54) is 5.56 Å². The number of hydrogen-bond donors (Lipinski definition) is 1. The fraction of sp³-hybridized carbons (Fsp3) is 0.312. The summed E-state index contributed by atoms with van der Waals surface area (Å²) in [5, 5.41) is 3.13. The Balaban J connectivity index is 1.95. The van der Waals surface area contributed by atoms with E-state index < -0.39 is 0 Å². The lowest BCUT2D eigenvalue weighted by molar-refractivity contribution is 0.315. The summed E-state index contributed by atoms with van der Waals surface area (Å²) >= 11 is 0. The maximum absolute atomic E-state index is 5.16. The van der Waals surface area contributed by atoms with Gasteiger partial charge in [-0.1, -0.05) is 12.1 Å². The van der Waals surface area contributed by atoms with Gasteiger partial charge in [-0.15, -0.1) is 0 Å². The number of methoxy groups -OCH3 is 1. The maximum atomic E-state index is 5.16. The normalized spacial score (nSPS) is 10.6. The van der Waals surface area contributed by atoms with Gasteiger partial charge in [-0.25, -0.2) is 0 Å². The molecule has 0 unspecified atom stereocenters. The number of pyridine rings is 1. The molecule has 0 saturated carbocycles. The summed E-state index contributed by atoms with van der Waals surface area (Å²) in [5.41, 5.74) is 3.42. The molecule has 0 aliphatic heterocycles. The summed E-state index contributed by atoms with van der Waals surface area (Å²) in [6.07, 6.45) is 1.84. The first-order valence-corrected chi connectivity index (χ1v) is 6.65. The highest BCUT2D eigenvalue weighted by atomic mass is 16.5. The van der Waals surface area contributed by atoms with E-state index in [1.54, 1.807) is 7.11 Å². The van der Waals surface area contributed by atoms with Crippen LogP contribution in [0.5, 0.6) is 5.75 Å². The van der Waals surface area contributed by atoms with Crippen LogP contribution in [0.2, 0.25) is 0 Å². The van der Waals surface area contributed by atoms with Gasteiger partial charge in [0.15, 0.2) is 0 Å². The summed E-state index contributed by atoms with van der Waals surface area (Å²) in [6.45, 7) is 1.71. The molecular weight excluding hydrogens is 250 g/mol. The van der Waals surface area contributed by atoms with Crippen molar-refractivity contribution in [2.24, 2.45) is 0 Å². The topological polar surface area (TPSA) is 37.4 Å². The average molecular weight is 271 g/mol. The molecule has 2 rings (SSSR count). The Morgan fingerprint density at radius 1 is 1.15 bits per heavy atom. The van der Waals surface area contributed by atoms with Gasteiger partial charge in [0.1, 0.15) is 5.75 Å². The van der Waals surface area contributed by atoms with Gasteiger partial charge in [-0.05, 0) is 36.9 Å². The maximum Gasteiger partial charge on any atom is 0.118 e. The number of aromatic nitrogens is 1. The lowest BCUT2D eigenvalue weighted by Crippen LogP contribution is -2.18. The SMILES string of the molecule is CNc1ccnc(CN(C)Cc2ccc(OC)cc2)c1. The second-order valence-electron chi connectivity index (χ2n) is 4.81. The van der Waals surface area contributed by atoms with E-state index in [9.17, 15) is 0 Å². The van der Waals surface area contributed by atoms with Crippen LogP contribution in [0.25, 0.3) is 0 Å². The fourth-order valence-corrected chi connectivity index (χ4v) is 2.10. The van der Waals surface area contributed by atoms with E-state index >= 15 is 0 Å². The smallest absolute Gasteiger partial charge is 0.118 e. The number of anilines is 1. The molecule has 0 amide bonds. The molecule has 0 bridgehead atoms. The average Bonchev–Trinajstić information content (AvgIpc) is 2.48. The van der Waals surface area contributed by atoms with Crippen LogP contribution in [-0.4, -0.2) is 31.1 Å². The first-order valence-electron chi connectivity index (χ1n) is 6.65. The van der Waals surface area contributed by atoms with E-state index in [0.29, 0.717) is 0 Å². The van der Waals surface area contributed by atoms with Crippen molar-refractivity contribution >= 4 is 5.69 Å². The van der Waals surface area contributed by atoms with Gasteiger partial charge in [0.05, 0.1) is 12.8 Å². The molecule has 0 atom stereocenters. The molecule has 4 heteroatoms. The van der Waals surface area contributed by atoms with Crippen LogP contribution in [0.3, 0.4) is 0 Å². The van der Waals surface area contributed by atoms with Gasteiger partial charge in [0.2, 0.25) is 0 Å². The van der Waals surface area contributed by atoms with Crippen molar-refractivity contribution in [3.63, 3.8) is 0 Å². The van der Waals surface area contributed by atoms with Crippen molar-refractivity contribution in [1.82, 2.24) is 9.88 Å². The molecule has 0 spiro atoms. The molecule has 1 aromatic carbocycles. The molecule has 0 aliphatic carbocycles. The van der Waals surface area contributed by atoms with Crippen molar-refractivity contribution in [2.75, 3.05) is 26.5 Å². The number of hydrogen-bond acceptors (Lipinski definition) is 4. The highest BCUT2D eigenvalue weighted by Gasteiger charge is 2.04. The summed E-state index contributed by atoms with van der Waals surface area (Å²) < 4.78 is 5.16. The molecule has 0 aliphatic rings. The third-order valence-corrected chi connectivity index (χ3v) is 3.15. The zero-order chi connectivity index (χ0) is 14.4. The highest BCUT2D eigenvalue weighted by Crippen LogP contribution is 2.14. The van der Waals surface area contributed by atoms with Crippen LogP contribution in [0.15, 0.2) is 42.6 Å². The molecule has 2 aromatic rings. The van der Waals surface area contributed by atoms with Crippen molar-refractivity contribution in [2.45, 2.75) is 13.1 Å². The molecule has 0 fully saturated rings. The molecule has 1 heterocycles. The van der Waals surface area contributed by atoms with E-state index in [2.05, 4.69) is 40.4 Å². The van der Waals surface area contributed by atoms with Gasteiger partial charge in [0, 0.05) is 32.0 Å². The summed E-state index contributed by atoms with van der Waals surface area (Å²) in [4.78, 5) is 6.63. The summed E-state index contributed by atoms with van der Waals surface area (Å²) in [5.74, 6) is 0.889. The Labute approximate surface area is 120 Å². The largest absolute Gasteiger partial charge is 0.497 e. The summed E-state index contributed by atoms with van der Waals surface area (Å²) in [7, 11) is 5.69. The monoisotopic (exact) mass is 271 g/mol. The van der Waals surface area contributed by atoms with Crippen molar-refractivity contribution in [1.29, 1.82) is 0 Å². The lowest BCUT2D eigenvalue weighted by Gasteiger charge is -2.17. The van der Waals surface area contributed by atoms with Crippen molar-refractivity contribution in [3.05, 3.63) is 53.9 Å². The van der Waals surface area contributed by atoms with Gasteiger partial charge in [0.25, 0.3) is 0 Å². The first-order chi connectivity index (χ1) is 9.71. The third-order valence-electron chi connectivity index (χ3n) is 3.15. The van der Waals surface area contributed by atoms with Crippen molar-refractivity contribution in [3.8, 4) is 5.75 Å². The van der Waals surface area contributed by atoms with Gasteiger partial charge < -0.3 is 10.1 Å².